The van der Waals surface area contributed by atoms with Gasteiger partial charge < -0.3 is 0 Å². The summed E-state index contributed by atoms with van der Waals surface area (Å²) in [5.41, 5.74) is 2.96. The van der Waals surface area contributed by atoms with E-state index in [9.17, 15) is 4.79 Å². The minimum absolute atomic E-state index is 0.0122. The summed E-state index contributed by atoms with van der Waals surface area (Å²) in [5.74, 6) is 0.0122. The van der Waals surface area contributed by atoms with Crippen LogP contribution in [0.4, 0.5) is 0 Å². The second-order valence-electron chi connectivity index (χ2n) is 4.59. The molecule has 0 N–H and O–H groups in total. The number of hydrogen-bond donors (Lipinski definition) is 0. The molecule has 6 heteroatoms. The summed E-state index contributed by atoms with van der Waals surface area (Å²) in [6.07, 6.45) is 2.74. The van der Waals surface area contributed by atoms with E-state index < -0.39 is 0 Å². The van der Waals surface area contributed by atoms with E-state index in [0.717, 1.165) is 23.5 Å². The van der Waals surface area contributed by atoms with Gasteiger partial charge in [-0.2, -0.15) is 10.2 Å². The van der Waals surface area contributed by atoms with Crippen LogP contribution in [0.25, 0.3) is 0 Å². The molecule has 0 radical (unpaired) electrons. The maximum absolute atomic E-state index is 12.3. The lowest BCUT2D eigenvalue weighted by molar-refractivity contribution is 0.0990. The molecule has 0 aliphatic heterocycles. The normalized spacial score (nSPS) is 11.0. The summed E-state index contributed by atoms with van der Waals surface area (Å²) in [6, 6.07) is 0. The Labute approximate surface area is 117 Å². The average Bonchev–Trinajstić information content (AvgIpc) is 2.82. The zero-order chi connectivity index (χ0) is 14.2. The molecule has 102 valence electrons. The maximum Gasteiger partial charge on any atom is 0.172 e. The van der Waals surface area contributed by atoms with Crippen molar-refractivity contribution < 1.29 is 4.79 Å². The molecule has 0 aliphatic carbocycles. The fourth-order valence-corrected chi connectivity index (χ4v) is 2.49. The smallest absolute Gasteiger partial charge is 0.172 e. The molecule has 0 bridgehead atoms. The molecule has 5 nitrogen and oxygen atoms in total. The van der Waals surface area contributed by atoms with Gasteiger partial charge in [0.05, 0.1) is 34.1 Å². The van der Waals surface area contributed by atoms with Gasteiger partial charge in [0.2, 0.25) is 0 Å². The van der Waals surface area contributed by atoms with Crippen LogP contribution in [-0.4, -0.2) is 25.3 Å². The first kappa shape index (κ1) is 13.8. The number of rotatable bonds is 4. The van der Waals surface area contributed by atoms with Gasteiger partial charge in [0, 0.05) is 20.3 Å². The van der Waals surface area contributed by atoms with Crippen molar-refractivity contribution in [1.29, 1.82) is 0 Å². The molecule has 19 heavy (non-hydrogen) atoms. The Kier molecular flexibility index (Phi) is 3.75. The summed E-state index contributed by atoms with van der Waals surface area (Å²) in [4.78, 5) is 12.3. The molecule has 0 unspecified atom stereocenters. The molecule has 0 amide bonds. The number of halogens is 1. The fraction of sp³-hybridized carbons (Fsp3) is 0.462. The first-order valence-electron chi connectivity index (χ1n) is 6.17. The summed E-state index contributed by atoms with van der Waals surface area (Å²) in [6.45, 7) is 3.82. The van der Waals surface area contributed by atoms with Crippen LogP contribution in [0.2, 0.25) is 5.02 Å². The monoisotopic (exact) mass is 280 g/mol. The summed E-state index contributed by atoms with van der Waals surface area (Å²) in [7, 11) is 3.61. The Morgan fingerprint density at radius 3 is 2.53 bits per heavy atom. The van der Waals surface area contributed by atoms with Gasteiger partial charge in [-0.05, 0) is 13.3 Å². The van der Waals surface area contributed by atoms with Crippen LogP contribution in [-0.2, 0) is 26.9 Å². The minimum Gasteiger partial charge on any atom is -0.294 e. The van der Waals surface area contributed by atoms with E-state index in [0.29, 0.717) is 10.6 Å². The number of Topliss-reactive ketones (excluding diaryl/α,β-unsaturated/α-hetero) is 1. The SMILES string of the molecule is CCc1nn(C)c(CC(=O)c2cn(C)nc2C)c1Cl. The lowest BCUT2D eigenvalue weighted by Crippen LogP contribution is -2.08. The Balaban J connectivity index is 2.29. The highest BCUT2D eigenvalue weighted by molar-refractivity contribution is 6.32. The van der Waals surface area contributed by atoms with E-state index in [1.54, 1.807) is 22.6 Å². The number of carbonyl (C=O) groups is 1. The molecule has 2 rings (SSSR count). The highest BCUT2D eigenvalue weighted by Crippen LogP contribution is 2.22. The summed E-state index contributed by atoms with van der Waals surface area (Å²) in [5, 5.41) is 9.09. The van der Waals surface area contributed by atoms with Crippen molar-refractivity contribution in [1.82, 2.24) is 19.6 Å². The first-order chi connectivity index (χ1) is 8.93. The first-order valence-corrected chi connectivity index (χ1v) is 6.55. The lowest BCUT2D eigenvalue weighted by atomic mass is 10.1. The number of nitrogens with zero attached hydrogens (tertiary/aromatic N) is 4. The van der Waals surface area contributed by atoms with E-state index in [1.807, 2.05) is 20.9 Å². The molecule has 2 aromatic rings. The number of aromatic nitrogens is 4. The van der Waals surface area contributed by atoms with Gasteiger partial charge in [-0.15, -0.1) is 0 Å². The number of carbonyl (C=O) groups excluding carboxylic acids is 1. The molecule has 0 saturated carbocycles. The average molecular weight is 281 g/mol. The second kappa shape index (κ2) is 5.17. The van der Waals surface area contributed by atoms with E-state index in [1.165, 1.54) is 0 Å². The van der Waals surface area contributed by atoms with Crippen LogP contribution in [0.3, 0.4) is 0 Å². The fourth-order valence-electron chi connectivity index (χ4n) is 2.13. The van der Waals surface area contributed by atoms with Crippen molar-refractivity contribution in [3.05, 3.63) is 33.9 Å². The molecule has 0 spiro atoms. The zero-order valence-corrected chi connectivity index (χ0v) is 12.3. The van der Waals surface area contributed by atoms with Crippen molar-refractivity contribution >= 4 is 17.4 Å². The Morgan fingerprint density at radius 2 is 2.05 bits per heavy atom. The highest BCUT2D eigenvalue weighted by Gasteiger charge is 2.19. The Morgan fingerprint density at radius 1 is 1.37 bits per heavy atom. The third-order valence-corrected chi connectivity index (χ3v) is 3.58. The van der Waals surface area contributed by atoms with E-state index in [4.69, 9.17) is 11.6 Å². The zero-order valence-electron chi connectivity index (χ0n) is 11.6. The van der Waals surface area contributed by atoms with Crippen LogP contribution in [0.15, 0.2) is 6.20 Å². The summed E-state index contributed by atoms with van der Waals surface area (Å²) < 4.78 is 3.33. The third kappa shape index (κ3) is 2.56. The molecule has 0 aliphatic rings. The quantitative estimate of drug-likeness (QED) is 0.806. The molecule has 0 aromatic carbocycles. The van der Waals surface area contributed by atoms with Crippen LogP contribution in [0.1, 0.15) is 34.4 Å². The van der Waals surface area contributed by atoms with Crippen molar-refractivity contribution in [2.24, 2.45) is 14.1 Å². The van der Waals surface area contributed by atoms with Gasteiger partial charge >= 0.3 is 0 Å². The molecular weight excluding hydrogens is 264 g/mol. The molecule has 2 heterocycles. The highest BCUT2D eigenvalue weighted by atomic mass is 35.5. The molecular formula is C13H17ClN4O. The van der Waals surface area contributed by atoms with Gasteiger partial charge in [-0.1, -0.05) is 18.5 Å². The van der Waals surface area contributed by atoms with Crippen molar-refractivity contribution in [2.75, 3.05) is 0 Å². The van der Waals surface area contributed by atoms with Gasteiger partial charge in [0.1, 0.15) is 0 Å². The molecule has 0 saturated heterocycles. The van der Waals surface area contributed by atoms with Gasteiger partial charge in [-0.3, -0.25) is 14.2 Å². The standard InChI is InChI=1S/C13H17ClN4O/c1-5-10-13(14)11(18(4)16-10)6-12(19)9-7-17(3)15-8(9)2/h7H,5-6H2,1-4H3. The van der Waals surface area contributed by atoms with Crippen molar-refractivity contribution in [3.8, 4) is 0 Å². The summed E-state index contributed by atoms with van der Waals surface area (Å²) >= 11 is 6.25. The van der Waals surface area contributed by atoms with Gasteiger partial charge in [0.25, 0.3) is 0 Å². The largest absolute Gasteiger partial charge is 0.294 e. The third-order valence-electron chi connectivity index (χ3n) is 3.14. The van der Waals surface area contributed by atoms with Crippen LogP contribution < -0.4 is 0 Å². The van der Waals surface area contributed by atoms with Crippen LogP contribution in [0, 0.1) is 6.92 Å². The predicted octanol–water partition coefficient (Wildman–Crippen LogP) is 2.10. The number of ketones is 1. The predicted molar refractivity (Wildman–Crippen MR) is 73.6 cm³/mol. The van der Waals surface area contributed by atoms with E-state index >= 15 is 0 Å². The Hall–Kier alpha value is -1.62. The number of hydrogen-bond acceptors (Lipinski definition) is 3. The topological polar surface area (TPSA) is 52.7 Å². The van der Waals surface area contributed by atoms with Crippen molar-refractivity contribution in [3.63, 3.8) is 0 Å². The van der Waals surface area contributed by atoms with Gasteiger partial charge in [0.15, 0.2) is 5.78 Å². The lowest BCUT2D eigenvalue weighted by Gasteiger charge is -2.01. The van der Waals surface area contributed by atoms with E-state index in [-0.39, 0.29) is 12.2 Å². The van der Waals surface area contributed by atoms with E-state index in [2.05, 4.69) is 10.2 Å². The van der Waals surface area contributed by atoms with Crippen molar-refractivity contribution in [2.45, 2.75) is 26.7 Å². The molecule has 0 atom stereocenters. The van der Waals surface area contributed by atoms with Gasteiger partial charge in [-0.25, -0.2) is 0 Å². The second-order valence-corrected chi connectivity index (χ2v) is 4.96. The van der Waals surface area contributed by atoms with Crippen LogP contribution in [0.5, 0.6) is 0 Å². The Bertz CT molecular complexity index is 627. The minimum atomic E-state index is 0.0122. The van der Waals surface area contributed by atoms with Crippen LogP contribution >= 0.6 is 11.6 Å². The molecule has 2 aromatic heterocycles. The maximum atomic E-state index is 12.3. The number of aryl methyl sites for hydroxylation is 4. The molecule has 0 fully saturated rings.